The summed E-state index contributed by atoms with van der Waals surface area (Å²) in [5.74, 6) is 0.649. The van der Waals surface area contributed by atoms with E-state index in [1.54, 1.807) is 0 Å². The highest BCUT2D eigenvalue weighted by Crippen LogP contribution is 2.29. The van der Waals surface area contributed by atoms with E-state index in [0.29, 0.717) is 12.0 Å². The first kappa shape index (κ1) is 8.85. The third-order valence-electron chi connectivity index (χ3n) is 2.99. The maximum absolute atomic E-state index is 11.3. The number of ether oxygens (including phenoxy) is 1. The fourth-order valence-corrected chi connectivity index (χ4v) is 1.87. The largest absolute Gasteiger partial charge is 0.446 e. The van der Waals surface area contributed by atoms with Crippen LogP contribution in [-0.4, -0.2) is 18.2 Å². The Labute approximate surface area is 78.8 Å². The Bertz CT molecular complexity index is 199. The molecule has 1 N–H and O–H groups in total. The Kier molecular flexibility index (Phi) is 2.42. The minimum absolute atomic E-state index is 0.189. The molecule has 2 atom stereocenters. The average molecular weight is 183 g/mol. The van der Waals surface area contributed by atoms with Gasteiger partial charge in [-0.15, -0.1) is 0 Å². The van der Waals surface area contributed by atoms with Crippen molar-refractivity contribution in [2.75, 3.05) is 0 Å². The molecule has 0 spiro atoms. The van der Waals surface area contributed by atoms with Gasteiger partial charge in [0, 0.05) is 6.04 Å². The van der Waals surface area contributed by atoms with Crippen molar-refractivity contribution >= 4 is 6.09 Å². The van der Waals surface area contributed by atoms with Crippen LogP contribution in [0.1, 0.15) is 39.0 Å². The summed E-state index contributed by atoms with van der Waals surface area (Å²) >= 11 is 0. The molecule has 0 aromatic rings. The molecule has 0 bridgehead atoms. The standard InChI is InChI=1S/C10H17NO2/c1-7-6-9(7)11-10(12)13-8-4-2-3-5-8/h7-9H,2-6H2,1H3,(H,11,12). The van der Waals surface area contributed by atoms with Crippen molar-refractivity contribution in [1.29, 1.82) is 0 Å². The van der Waals surface area contributed by atoms with E-state index in [1.165, 1.54) is 12.8 Å². The molecule has 2 aliphatic carbocycles. The predicted octanol–water partition coefficient (Wildman–Crippen LogP) is 2.06. The molecular weight excluding hydrogens is 166 g/mol. The van der Waals surface area contributed by atoms with Crippen molar-refractivity contribution in [3.05, 3.63) is 0 Å². The second-order valence-electron chi connectivity index (χ2n) is 4.28. The van der Waals surface area contributed by atoms with Gasteiger partial charge in [0.05, 0.1) is 0 Å². The molecule has 2 unspecified atom stereocenters. The summed E-state index contributed by atoms with van der Waals surface area (Å²) in [5.41, 5.74) is 0. The number of carbonyl (C=O) groups is 1. The van der Waals surface area contributed by atoms with Crippen LogP contribution in [0.5, 0.6) is 0 Å². The number of hydrogen-bond acceptors (Lipinski definition) is 2. The lowest BCUT2D eigenvalue weighted by Crippen LogP contribution is -2.30. The zero-order valence-corrected chi connectivity index (χ0v) is 8.08. The molecule has 1 amide bonds. The van der Waals surface area contributed by atoms with Crippen LogP contribution in [0.25, 0.3) is 0 Å². The summed E-state index contributed by atoms with van der Waals surface area (Å²) in [4.78, 5) is 11.3. The van der Waals surface area contributed by atoms with Gasteiger partial charge in [0.2, 0.25) is 0 Å². The molecule has 0 saturated heterocycles. The molecular formula is C10H17NO2. The van der Waals surface area contributed by atoms with Crippen molar-refractivity contribution in [3.8, 4) is 0 Å². The Morgan fingerprint density at radius 2 is 2.00 bits per heavy atom. The molecule has 3 nitrogen and oxygen atoms in total. The van der Waals surface area contributed by atoms with Gasteiger partial charge >= 0.3 is 6.09 Å². The Morgan fingerprint density at radius 1 is 1.38 bits per heavy atom. The summed E-state index contributed by atoms with van der Waals surface area (Å²) in [6.45, 7) is 2.14. The Balaban J connectivity index is 1.66. The lowest BCUT2D eigenvalue weighted by molar-refractivity contribution is 0.100. The van der Waals surface area contributed by atoms with Crippen LogP contribution in [0, 0.1) is 5.92 Å². The Morgan fingerprint density at radius 3 is 2.54 bits per heavy atom. The zero-order chi connectivity index (χ0) is 9.26. The Hall–Kier alpha value is -0.730. The fraction of sp³-hybridized carbons (Fsp3) is 0.900. The van der Waals surface area contributed by atoms with Crippen LogP contribution < -0.4 is 5.32 Å². The molecule has 13 heavy (non-hydrogen) atoms. The van der Waals surface area contributed by atoms with E-state index < -0.39 is 0 Å². The van der Waals surface area contributed by atoms with Crippen molar-refractivity contribution in [1.82, 2.24) is 5.32 Å². The monoisotopic (exact) mass is 183 g/mol. The van der Waals surface area contributed by atoms with Gasteiger partial charge in [-0.2, -0.15) is 0 Å². The fourth-order valence-electron chi connectivity index (χ4n) is 1.87. The summed E-state index contributed by atoms with van der Waals surface area (Å²) < 4.78 is 5.26. The lowest BCUT2D eigenvalue weighted by atomic mass is 10.3. The van der Waals surface area contributed by atoms with Crippen LogP contribution in [0.4, 0.5) is 4.79 Å². The highest BCUT2D eigenvalue weighted by Gasteiger charge is 2.34. The van der Waals surface area contributed by atoms with Crippen molar-refractivity contribution in [3.63, 3.8) is 0 Å². The van der Waals surface area contributed by atoms with Crippen LogP contribution in [-0.2, 0) is 4.74 Å². The summed E-state index contributed by atoms with van der Waals surface area (Å²) in [6.07, 6.45) is 5.60. The van der Waals surface area contributed by atoms with Gasteiger partial charge < -0.3 is 10.1 Å². The lowest BCUT2D eigenvalue weighted by Gasteiger charge is -2.11. The van der Waals surface area contributed by atoms with Crippen LogP contribution in [0.2, 0.25) is 0 Å². The topological polar surface area (TPSA) is 38.3 Å². The van der Waals surface area contributed by atoms with E-state index in [9.17, 15) is 4.79 Å². The summed E-state index contributed by atoms with van der Waals surface area (Å²) in [7, 11) is 0. The molecule has 3 heteroatoms. The maximum Gasteiger partial charge on any atom is 0.407 e. The first-order chi connectivity index (χ1) is 6.25. The molecule has 2 aliphatic rings. The number of alkyl carbamates (subject to hydrolysis) is 1. The quantitative estimate of drug-likeness (QED) is 0.711. The van der Waals surface area contributed by atoms with Crippen LogP contribution in [0.3, 0.4) is 0 Å². The highest BCUT2D eigenvalue weighted by molar-refractivity contribution is 5.68. The number of rotatable bonds is 2. The van der Waals surface area contributed by atoms with Crippen molar-refractivity contribution in [2.45, 2.75) is 51.2 Å². The van der Waals surface area contributed by atoms with Gasteiger partial charge in [-0.3, -0.25) is 0 Å². The third-order valence-corrected chi connectivity index (χ3v) is 2.99. The van der Waals surface area contributed by atoms with E-state index in [4.69, 9.17) is 4.74 Å². The highest BCUT2D eigenvalue weighted by atomic mass is 16.6. The summed E-state index contributed by atoms with van der Waals surface area (Å²) in [6, 6.07) is 0.383. The minimum atomic E-state index is -0.207. The predicted molar refractivity (Wildman–Crippen MR) is 49.4 cm³/mol. The molecule has 2 fully saturated rings. The summed E-state index contributed by atoms with van der Waals surface area (Å²) in [5, 5.41) is 2.87. The molecule has 0 aromatic carbocycles. The van der Waals surface area contributed by atoms with Gasteiger partial charge in [-0.1, -0.05) is 6.92 Å². The molecule has 0 heterocycles. The van der Waals surface area contributed by atoms with E-state index in [1.807, 2.05) is 0 Å². The molecule has 0 aliphatic heterocycles. The van der Waals surface area contributed by atoms with Crippen LogP contribution in [0.15, 0.2) is 0 Å². The second kappa shape index (κ2) is 3.56. The van der Waals surface area contributed by atoms with Crippen molar-refractivity contribution in [2.24, 2.45) is 5.92 Å². The molecule has 2 saturated carbocycles. The van der Waals surface area contributed by atoms with E-state index in [0.717, 1.165) is 19.3 Å². The SMILES string of the molecule is CC1CC1NC(=O)OC1CCCC1. The van der Waals surface area contributed by atoms with Crippen molar-refractivity contribution < 1.29 is 9.53 Å². The van der Waals surface area contributed by atoms with Gasteiger partial charge in [0.25, 0.3) is 0 Å². The number of hydrogen-bond donors (Lipinski definition) is 1. The molecule has 0 aromatic heterocycles. The smallest absolute Gasteiger partial charge is 0.407 e. The molecule has 2 rings (SSSR count). The number of amides is 1. The van der Waals surface area contributed by atoms with Gasteiger partial charge in [0.15, 0.2) is 0 Å². The first-order valence-electron chi connectivity index (χ1n) is 5.23. The third kappa shape index (κ3) is 2.36. The van der Waals surface area contributed by atoms with Gasteiger partial charge in [0.1, 0.15) is 6.10 Å². The normalized spacial score (nSPS) is 33.0. The molecule has 0 radical (unpaired) electrons. The first-order valence-corrected chi connectivity index (χ1v) is 5.23. The van der Waals surface area contributed by atoms with E-state index in [-0.39, 0.29) is 12.2 Å². The second-order valence-corrected chi connectivity index (χ2v) is 4.28. The molecule has 74 valence electrons. The zero-order valence-electron chi connectivity index (χ0n) is 8.08. The number of nitrogens with one attached hydrogen (secondary N) is 1. The number of carbonyl (C=O) groups excluding carboxylic acids is 1. The maximum atomic E-state index is 11.3. The average Bonchev–Trinajstić information content (AvgIpc) is 2.61. The van der Waals surface area contributed by atoms with Gasteiger partial charge in [-0.05, 0) is 38.0 Å². The minimum Gasteiger partial charge on any atom is -0.446 e. The van der Waals surface area contributed by atoms with E-state index in [2.05, 4.69) is 12.2 Å². The van der Waals surface area contributed by atoms with Gasteiger partial charge in [-0.25, -0.2) is 4.79 Å². The van der Waals surface area contributed by atoms with E-state index >= 15 is 0 Å². The van der Waals surface area contributed by atoms with Crippen LogP contribution >= 0.6 is 0 Å².